The van der Waals surface area contributed by atoms with Gasteiger partial charge in [-0.25, -0.2) is 13.1 Å². The molecular weight excluding hydrogens is 272 g/mol. The number of hydrogen-bond acceptors (Lipinski definition) is 3. The predicted molar refractivity (Wildman–Crippen MR) is 82.4 cm³/mol. The predicted octanol–water partition coefficient (Wildman–Crippen LogP) is 3.12. The second-order valence-corrected chi connectivity index (χ2v) is 7.51. The lowest BCUT2D eigenvalue weighted by molar-refractivity contribution is 0.427. The Balaban J connectivity index is 2.09. The van der Waals surface area contributed by atoms with Crippen LogP contribution in [0.2, 0.25) is 0 Å². The second kappa shape index (κ2) is 6.14. The van der Waals surface area contributed by atoms with Crippen molar-refractivity contribution in [3.8, 4) is 0 Å². The minimum Gasteiger partial charge on any atom is -0.385 e. The first-order valence-corrected chi connectivity index (χ1v) is 8.81. The summed E-state index contributed by atoms with van der Waals surface area (Å²) in [5.74, 6) is 0. The summed E-state index contributed by atoms with van der Waals surface area (Å²) in [6, 6.07) is 6.97. The van der Waals surface area contributed by atoms with E-state index in [1.165, 1.54) is 0 Å². The molecule has 0 unspecified atom stereocenters. The van der Waals surface area contributed by atoms with E-state index in [-0.39, 0.29) is 5.54 Å². The minimum absolute atomic E-state index is 0.280. The summed E-state index contributed by atoms with van der Waals surface area (Å²) in [6.45, 7) is 4.98. The standard InChI is InChI=1S/C15H24N2O2S/c1-3-12-16-13-6-8-14(9-7-13)20(18,19)17-15(2)10-4-5-11-15/h6-9,16-17H,3-5,10-12H2,1-2H3. The monoisotopic (exact) mass is 296 g/mol. The topological polar surface area (TPSA) is 58.2 Å². The van der Waals surface area contributed by atoms with Crippen LogP contribution in [0.3, 0.4) is 0 Å². The smallest absolute Gasteiger partial charge is 0.241 e. The van der Waals surface area contributed by atoms with Gasteiger partial charge in [0, 0.05) is 17.8 Å². The van der Waals surface area contributed by atoms with Crippen molar-refractivity contribution in [1.29, 1.82) is 0 Å². The molecule has 0 radical (unpaired) electrons. The van der Waals surface area contributed by atoms with Gasteiger partial charge in [-0.2, -0.15) is 0 Å². The zero-order chi connectivity index (χ0) is 14.6. The Labute approximate surface area is 122 Å². The van der Waals surface area contributed by atoms with Crippen molar-refractivity contribution in [2.75, 3.05) is 11.9 Å². The lowest BCUT2D eigenvalue weighted by atomic mass is 10.0. The third kappa shape index (κ3) is 3.73. The van der Waals surface area contributed by atoms with Gasteiger partial charge in [-0.05, 0) is 50.5 Å². The highest BCUT2D eigenvalue weighted by Crippen LogP contribution is 2.30. The molecule has 0 saturated heterocycles. The van der Waals surface area contributed by atoms with E-state index in [0.717, 1.165) is 44.3 Å². The minimum atomic E-state index is -3.42. The molecule has 0 heterocycles. The van der Waals surface area contributed by atoms with E-state index in [1.807, 2.05) is 19.1 Å². The van der Waals surface area contributed by atoms with Gasteiger partial charge in [0.25, 0.3) is 0 Å². The highest BCUT2D eigenvalue weighted by molar-refractivity contribution is 7.89. The van der Waals surface area contributed by atoms with Crippen molar-refractivity contribution in [3.05, 3.63) is 24.3 Å². The van der Waals surface area contributed by atoms with E-state index in [2.05, 4.69) is 17.0 Å². The van der Waals surface area contributed by atoms with Gasteiger partial charge in [0.2, 0.25) is 10.0 Å². The van der Waals surface area contributed by atoms with E-state index >= 15 is 0 Å². The van der Waals surface area contributed by atoms with Gasteiger partial charge >= 0.3 is 0 Å². The maximum atomic E-state index is 12.4. The van der Waals surface area contributed by atoms with Gasteiger partial charge in [-0.3, -0.25) is 0 Å². The van der Waals surface area contributed by atoms with Crippen LogP contribution in [-0.4, -0.2) is 20.5 Å². The molecule has 1 aliphatic carbocycles. The fraction of sp³-hybridized carbons (Fsp3) is 0.600. The first-order valence-electron chi connectivity index (χ1n) is 7.33. The molecule has 1 aromatic rings. The molecule has 20 heavy (non-hydrogen) atoms. The van der Waals surface area contributed by atoms with Crippen LogP contribution in [-0.2, 0) is 10.0 Å². The summed E-state index contributed by atoms with van der Waals surface area (Å²) in [7, 11) is -3.42. The fourth-order valence-electron chi connectivity index (χ4n) is 2.66. The highest BCUT2D eigenvalue weighted by Gasteiger charge is 2.33. The van der Waals surface area contributed by atoms with Crippen molar-refractivity contribution in [1.82, 2.24) is 4.72 Å². The van der Waals surface area contributed by atoms with Crippen LogP contribution in [0.1, 0.15) is 46.0 Å². The summed E-state index contributed by atoms with van der Waals surface area (Å²) < 4.78 is 27.6. The Morgan fingerprint density at radius 2 is 1.75 bits per heavy atom. The van der Waals surface area contributed by atoms with Gasteiger partial charge in [-0.1, -0.05) is 19.8 Å². The average Bonchev–Trinajstić information content (AvgIpc) is 2.82. The quantitative estimate of drug-likeness (QED) is 0.848. The Bertz CT molecular complexity index is 531. The van der Waals surface area contributed by atoms with Crippen LogP contribution in [0.5, 0.6) is 0 Å². The van der Waals surface area contributed by atoms with Gasteiger partial charge < -0.3 is 5.32 Å². The molecule has 1 aliphatic rings. The molecule has 0 atom stereocenters. The number of sulfonamides is 1. The van der Waals surface area contributed by atoms with Crippen molar-refractivity contribution in [2.24, 2.45) is 0 Å². The molecule has 0 aromatic heterocycles. The van der Waals surface area contributed by atoms with Gasteiger partial charge in [-0.15, -0.1) is 0 Å². The third-order valence-electron chi connectivity index (χ3n) is 3.83. The molecule has 5 heteroatoms. The largest absolute Gasteiger partial charge is 0.385 e. The van der Waals surface area contributed by atoms with Crippen LogP contribution < -0.4 is 10.0 Å². The molecule has 1 saturated carbocycles. The molecule has 4 nitrogen and oxygen atoms in total. The fourth-order valence-corrected chi connectivity index (χ4v) is 4.13. The zero-order valence-corrected chi connectivity index (χ0v) is 13.1. The first-order chi connectivity index (χ1) is 9.45. The summed E-state index contributed by atoms with van der Waals surface area (Å²) in [6.07, 6.45) is 5.07. The molecular formula is C15H24N2O2S. The van der Waals surface area contributed by atoms with Crippen LogP contribution in [0.25, 0.3) is 0 Å². The molecule has 112 valence electrons. The molecule has 1 fully saturated rings. The highest BCUT2D eigenvalue weighted by atomic mass is 32.2. The van der Waals surface area contributed by atoms with E-state index in [4.69, 9.17) is 0 Å². The number of rotatable bonds is 6. The summed E-state index contributed by atoms with van der Waals surface area (Å²) in [4.78, 5) is 0.340. The Kier molecular flexibility index (Phi) is 4.70. The molecule has 1 aromatic carbocycles. The van der Waals surface area contributed by atoms with Crippen LogP contribution in [0, 0.1) is 0 Å². The number of nitrogens with one attached hydrogen (secondary N) is 2. The number of benzene rings is 1. The lowest BCUT2D eigenvalue weighted by Gasteiger charge is -2.24. The maximum absolute atomic E-state index is 12.4. The molecule has 2 N–H and O–H groups in total. The van der Waals surface area contributed by atoms with Crippen molar-refractivity contribution < 1.29 is 8.42 Å². The molecule has 0 amide bonds. The Morgan fingerprint density at radius 1 is 1.15 bits per heavy atom. The van der Waals surface area contributed by atoms with Crippen molar-refractivity contribution >= 4 is 15.7 Å². The molecule has 0 aliphatic heterocycles. The third-order valence-corrected chi connectivity index (χ3v) is 5.49. The van der Waals surface area contributed by atoms with E-state index < -0.39 is 10.0 Å². The normalized spacial score (nSPS) is 18.1. The lowest BCUT2D eigenvalue weighted by Crippen LogP contribution is -2.43. The summed E-state index contributed by atoms with van der Waals surface area (Å²) in [5.41, 5.74) is 0.677. The number of hydrogen-bond donors (Lipinski definition) is 2. The molecule has 0 bridgehead atoms. The second-order valence-electron chi connectivity index (χ2n) is 5.82. The summed E-state index contributed by atoms with van der Waals surface area (Å²) in [5, 5.41) is 3.24. The Morgan fingerprint density at radius 3 is 2.30 bits per heavy atom. The molecule has 0 spiro atoms. The average molecular weight is 296 g/mol. The first kappa shape index (κ1) is 15.3. The van der Waals surface area contributed by atoms with Crippen molar-refractivity contribution in [3.63, 3.8) is 0 Å². The van der Waals surface area contributed by atoms with Crippen LogP contribution >= 0.6 is 0 Å². The summed E-state index contributed by atoms with van der Waals surface area (Å²) >= 11 is 0. The molecule has 2 rings (SSSR count). The zero-order valence-electron chi connectivity index (χ0n) is 12.3. The van der Waals surface area contributed by atoms with Crippen molar-refractivity contribution in [2.45, 2.75) is 56.4 Å². The van der Waals surface area contributed by atoms with E-state index in [9.17, 15) is 8.42 Å². The maximum Gasteiger partial charge on any atom is 0.241 e. The number of anilines is 1. The van der Waals surface area contributed by atoms with E-state index in [1.54, 1.807) is 12.1 Å². The van der Waals surface area contributed by atoms with Crippen LogP contribution in [0.15, 0.2) is 29.2 Å². The van der Waals surface area contributed by atoms with E-state index in [0.29, 0.717) is 4.90 Å². The Hall–Kier alpha value is -1.07. The van der Waals surface area contributed by atoms with Crippen LogP contribution in [0.4, 0.5) is 5.69 Å². The van der Waals surface area contributed by atoms with Gasteiger partial charge in [0.1, 0.15) is 0 Å². The van der Waals surface area contributed by atoms with Gasteiger partial charge in [0.05, 0.1) is 4.90 Å². The van der Waals surface area contributed by atoms with Gasteiger partial charge in [0.15, 0.2) is 0 Å². The SMILES string of the molecule is CCCNc1ccc(S(=O)(=O)NC2(C)CCCC2)cc1.